The first-order valence-electron chi connectivity index (χ1n) is 10.7. The number of carboxylic acids is 2. The zero-order chi connectivity index (χ0) is 26.3. The molecule has 0 atom stereocenters. The topological polar surface area (TPSA) is 109 Å². The molecule has 0 amide bonds. The van der Waals surface area contributed by atoms with Gasteiger partial charge in [-0.15, -0.1) is 0 Å². The molecule has 0 spiro atoms. The standard InChI is InChI=1S/C26H16Cl4O6/c27-11-1-3-13(17(29)9-11)21-15(5-7-19(21)31)23(25(33)34)24(26(35)36)16-6-8-20(32)22(16)14-4-2-12(28)10-18(14)30/h1-4,9-10H,5-8H2,(H,33,34)(H,35,36)/b24-23+. The van der Waals surface area contributed by atoms with Crippen LogP contribution in [0.5, 0.6) is 0 Å². The highest BCUT2D eigenvalue weighted by Gasteiger charge is 2.38. The molecule has 0 unspecified atom stereocenters. The van der Waals surface area contributed by atoms with E-state index in [1.54, 1.807) is 0 Å². The third-order valence-electron chi connectivity index (χ3n) is 6.05. The first-order chi connectivity index (χ1) is 17.0. The second kappa shape index (κ2) is 10.2. The van der Waals surface area contributed by atoms with Crippen molar-refractivity contribution in [3.63, 3.8) is 0 Å². The minimum Gasteiger partial charge on any atom is -0.478 e. The molecule has 2 aliphatic carbocycles. The molecule has 2 aliphatic rings. The summed E-state index contributed by atoms with van der Waals surface area (Å²) >= 11 is 24.6. The van der Waals surface area contributed by atoms with Crippen LogP contribution in [-0.2, 0) is 19.2 Å². The van der Waals surface area contributed by atoms with Gasteiger partial charge in [0.25, 0.3) is 0 Å². The van der Waals surface area contributed by atoms with Gasteiger partial charge in [-0.25, -0.2) is 9.59 Å². The van der Waals surface area contributed by atoms with Crippen molar-refractivity contribution in [2.45, 2.75) is 25.7 Å². The van der Waals surface area contributed by atoms with Gasteiger partial charge in [-0.2, -0.15) is 0 Å². The monoisotopic (exact) mass is 564 g/mol. The number of aliphatic carboxylic acids is 2. The van der Waals surface area contributed by atoms with Crippen molar-refractivity contribution in [2.75, 3.05) is 0 Å². The molecular formula is C26H16Cl4O6. The van der Waals surface area contributed by atoms with Crippen molar-refractivity contribution in [3.8, 4) is 0 Å². The third kappa shape index (κ3) is 4.74. The number of Topliss-reactive ketones (excluding diaryl/α,β-unsaturated/α-hetero) is 2. The Morgan fingerprint density at radius 3 is 1.28 bits per heavy atom. The van der Waals surface area contributed by atoms with Gasteiger partial charge in [0, 0.05) is 45.2 Å². The second-order valence-corrected chi connectivity index (χ2v) is 9.85. The number of allylic oxidation sites excluding steroid dienone is 2. The average molecular weight is 566 g/mol. The van der Waals surface area contributed by atoms with Crippen molar-refractivity contribution in [1.29, 1.82) is 0 Å². The summed E-state index contributed by atoms with van der Waals surface area (Å²) in [7, 11) is 0. The lowest BCUT2D eigenvalue weighted by atomic mass is 9.87. The molecule has 0 fully saturated rings. The van der Waals surface area contributed by atoms with E-state index in [1.165, 1.54) is 36.4 Å². The van der Waals surface area contributed by atoms with E-state index in [1.807, 2.05) is 0 Å². The SMILES string of the molecule is O=C1CCC(/C(C(=O)O)=C(\C(=O)O)C2=C(c3ccc(Cl)cc3Cl)C(=O)CC2)=C1c1ccc(Cl)cc1Cl. The number of rotatable bonds is 6. The highest BCUT2D eigenvalue weighted by molar-refractivity contribution is 6.39. The fourth-order valence-corrected chi connectivity index (χ4v) is 5.60. The lowest BCUT2D eigenvalue weighted by Gasteiger charge is -2.16. The third-order valence-corrected chi connectivity index (χ3v) is 7.14. The van der Waals surface area contributed by atoms with Crippen LogP contribution in [-0.4, -0.2) is 33.7 Å². The Balaban J connectivity index is 2.08. The van der Waals surface area contributed by atoms with Gasteiger partial charge in [-0.05, 0) is 48.3 Å². The predicted octanol–water partition coefficient (Wildman–Crippen LogP) is 6.70. The first-order valence-corrected chi connectivity index (χ1v) is 12.2. The molecule has 184 valence electrons. The summed E-state index contributed by atoms with van der Waals surface area (Å²) in [6.45, 7) is 0. The zero-order valence-corrected chi connectivity index (χ0v) is 21.4. The van der Waals surface area contributed by atoms with Crippen LogP contribution in [0, 0.1) is 0 Å². The zero-order valence-electron chi connectivity index (χ0n) is 18.3. The molecule has 0 saturated heterocycles. The Labute approximate surface area is 225 Å². The summed E-state index contributed by atoms with van der Waals surface area (Å²) in [5.74, 6) is -3.86. The molecule has 2 N–H and O–H groups in total. The minimum atomic E-state index is -1.55. The van der Waals surface area contributed by atoms with Crippen molar-refractivity contribution < 1.29 is 29.4 Å². The smallest absolute Gasteiger partial charge is 0.336 e. The van der Waals surface area contributed by atoms with E-state index in [0.29, 0.717) is 10.0 Å². The van der Waals surface area contributed by atoms with Crippen LogP contribution >= 0.6 is 46.4 Å². The maximum atomic E-state index is 12.9. The van der Waals surface area contributed by atoms with E-state index < -0.39 is 23.1 Å². The van der Waals surface area contributed by atoms with Crippen LogP contribution in [0.25, 0.3) is 11.1 Å². The lowest BCUT2D eigenvalue weighted by molar-refractivity contribution is -0.135. The summed E-state index contributed by atoms with van der Waals surface area (Å²) < 4.78 is 0. The first kappa shape index (κ1) is 26.2. The van der Waals surface area contributed by atoms with Gasteiger partial charge < -0.3 is 10.2 Å². The number of carboxylic acid groups (broad SMARTS) is 2. The maximum Gasteiger partial charge on any atom is 0.336 e. The van der Waals surface area contributed by atoms with Gasteiger partial charge in [0.1, 0.15) is 0 Å². The van der Waals surface area contributed by atoms with Crippen LogP contribution in [0.2, 0.25) is 20.1 Å². The minimum absolute atomic E-state index is 0.0101. The van der Waals surface area contributed by atoms with Gasteiger partial charge >= 0.3 is 11.9 Å². The molecule has 0 bridgehead atoms. The highest BCUT2D eigenvalue weighted by Crippen LogP contribution is 2.44. The van der Waals surface area contributed by atoms with Gasteiger partial charge in [0.15, 0.2) is 11.6 Å². The molecular weight excluding hydrogens is 550 g/mol. The summed E-state index contributed by atoms with van der Waals surface area (Å²) in [6, 6.07) is 8.80. The number of hydrogen-bond donors (Lipinski definition) is 2. The fourth-order valence-electron chi connectivity index (χ4n) is 4.60. The van der Waals surface area contributed by atoms with E-state index in [4.69, 9.17) is 46.4 Å². The van der Waals surface area contributed by atoms with Gasteiger partial charge in [0.2, 0.25) is 0 Å². The van der Waals surface area contributed by atoms with Crippen LogP contribution < -0.4 is 0 Å². The largest absolute Gasteiger partial charge is 0.478 e. The maximum absolute atomic E-state index is 12.9. The molecule has 36 heavy (non-hydrogen) atoms. The van der Waals surface area contributed by atoms with Crippen molar-refractivity contribution in [1.82, 2.24) is 0 Å². The fraction of sp³-hybridized carbons (Fsp3) is 0.154. The number of ketones is 2. The Morgan fingerprint density at radius 2 is 0.972 bits per heavy atom. The van der Waals surface area contributed by atoms with E-state index >= 15 is 0 Å². The Kier molecular flexibility index (Phi) is 7.43. The molecule has 2 aromatic carbocycles. The molecule has 2 aromatic rings. The number of carbonyl (C=O) groups excluding carboxylic acids is 2. The number of benzene rings is 2. The lowest BCUT2D eigenvalue weighted by Crippen LogP contribution is -2.16. The molecule has 0 saturated carbocycles. The number of halogens is 4. The number of carbonyl (C=O) groups is 4. The molecule has 0 aliphatic heterocycles. The molecule has 0 heterocycles. The molecule has 0 radical (unpaired) electrons. The second-order valence-electron chi connectivity index (χ2n) is 8.16. The van der Waals surface area contributed by atoms with Gasteiger partial charge in [-0.1, -0.05) is 58.5 Å². The van der Waals surface area contributed by atoms with E-state index in [-0.39, 0.29) is 80.7 Å². The Morgan fingerprint density at radius 1 is 0.611 bits per heavy atom. The van der Waals surface area contributed by atoms with Crippen molar-refractivity contribution in [2.24, 2.45) is 0 Å². The molecule has 0 aromatic heterocycles. The quantitative estimate of drug-likeness (QED) is 0.377. The highest BCUT2D eigenvalue weighted by atomic mass is 35.5. The Hall–Kier alpha value is -2.90. The normalized spacial score (nSPS) is 16.7. The summed E-state index contributed by atoms with van der Waals surface area (Å²) in [5, 5.41) is 21.3. The van der Waals surface area contributed by atoms with Gasteiger partial charge in [-0.3, -0.25) is 9.59 Å². The van der Waals surface area contributed by atoms with Crippen LogP contribution in [0.1, 0.15) is 36.8 Å². The summed E-state index contributed by atoms with van der Waals surface area (Å²) in [5.41, 5.74) is -0.542. The predicted molar refractivity (Wildman–Crippen MR) is 138 cm³/mol. The number of hydrogen-bond acceptors (Lipinski definition) is 4. The van der Waals surface area contributed by atoms with Crippen LogP contribution in [0.4, 0.5) is 0 Å². The summed E-state index contributed by atoms with van der Waals surface area (Å²) in [4.78, 5) is 50.9. The van der Waals surface area contributed by atoms with Crippen LogP contribution in [0.15, 0.2) is 58.7 Å². The van der Waals surface area contributed by atoms with Crippen LogP contribution in [0.3, 0.4) is 0 Å². The molecule has 10 heteroatoms. The van der Waals surface area contributed by atoms with Gasteiger partial charge in [0.05, 0.1) is 21.2 Å². The van der Waals surface area contributed by atoms with Crippen molar-refractivity contribution >= 4 is 81.1 Å². The van der Waals surface area contributed by atoms with E-state index in [9.17, 15) is 29.4 Å². The molecule has 6 nitrogen and oxygen atoms in total. The Bertz CT molecular complexity index is 1360. The van der Waals surface area contributed by atoms with E-state index in [2.05, 4.69) is 0 Å². The van der Waals surface area contributed by atoms with E-state index in [0.717, 1.165) is 0 Å². The average Bonchev–Trinajstić information content (AvgIpc) is 3.34. The van der Waals surface area contributed by atoms with Crippen molar-refractivity contribution in [3.05, 3.63) is 89.9 Å². The molecule has 4 rings (SSSR count). The summed E-state index contributed by atoms with van der Waals surface area (Å²) in [6.07, 6.45) is -0.0735.